The molecule has 0 bridgehead atoms. The van der Waals surface area contributed by atoms with Crippen molar-refractivity contribution in [2.24, 2.45) is 0 Å². The second kappa shape index (κ2) is 6.76. The quantitative estimate of drug-likeness (QED) is 0.775. The number of aliphatic hydroxyl groups excluding tert-OH is 1. The lowest BCUT2D eigenvalue weighted by Crippen LogP contribution is -2.31. The highest BCUT2D eigenvalue weighted by molar-refractivity contribution is 6.06. The maximum Gasteiger partial charge on any atom is 0.252 e. The standard InChI is InChI=1S/C19H17FN2O2/c1-12-9-16(15-8-7-14(20)10-17(15)21-12)19(24)22-18(11-23)13-5-3-2-4-6-13/h2-10,18,23H,11H2,1H3,(H,22,24)/t18-/m1/s1. The van der Waals surface area contributed by atoms with E-state index in [-0.39, 0.29) is 12.5 Å². The van der Waals surface area contributed by atoms with Gasteiger partial charge in [-0.1, -0.05) is 30.3 Å². The van der Waals surface area contributed by atoms with Crippen LogP contribution in [-0.2, 0) is 0 Å². The Bertz CT molecular complexity index is 876. The van der Waals surface area contributed by atoms with Crippen molar-refractivity contribution >= 4 is 16.8 Å². The average molecular weight is 324 g/mol. The average Bonchev–Trinajstić information content (AvgIpc) is 2.59. The van der Waals surface area contributed by atoms with Crippen LogP contribution in [0.1, 0.15) is 27.7 Å². The Balaban J connectivity index is 1.96. The van der Waals surface area contributed by atoms with Gasteiger partial charge < -0.3 is 10.4 Å². The first-order valence-electron chi connectivity index (χ1n) is 7.62. The zero-order chi connectivity index (χ0) is 17.1. The molecule has 0 radical (unpaired) electrons. The Morgan fingerprint density at radius 3 is 2.67 bits per heavy atom. The van der Waals surface area contributed by atoms with Crippen molar-refractivity contribution in [2.75, 3.05) is 6.61 Å². The summed E-state index contributed by atoms with van der Waals surface area (Å²) >= 11 is 0. The number of aromatic nitrogens is 1. The van der Waals surface area contributed by atoms with Crippen LogP contribution in [0.3, 0.4) is 0 Å². The molecule has 0 fully saturated rings. The zero-order valence-corrected chi connectivity index (χ0v) is 13.2. The highest BCUT2D eigenvalue weighted by Crippen LogP contribution is 2.21. The normalized spacial score (nSPS) is 12.1. The number of hydrogen-bond acceptors (Lipinski definition) is 3. The zero-order valence-electron chi connectivity index (χ0n) is 13.2. The number of carbonyl (C=O) groups excluding carboxylic acids is 1. The van der Waals surface area contributed by atoms with Crippen molar-refractivity contribution in [1.29, 1.82) is 0 Å². The van der Waals surface area contributed by atoms with Crippen LogP contribution in [-0.4, -0.2) is 22.6 Å². The summed E-state index contributed by atoms with van der Waals surface area (Å²) in [5.74, 6) is -0.732. The Morgan fingerprint density at radius 1 is 1.21 bits per heavy atom. The molecule has 122 valence electrons. The van der Waals surface area contributed by atoms with Gasteiger partial charge in [-0.2, -0.15) is 0 Å². The molecule has 0 unspecified atom stereocenters. The van der Waals surface area contributed by atoms with Crippen LogP contribution in [0.5, 0.6) is 0 Å². The summed E-state index contributed by atoms with van der Waals surface area (Å²) in [6, 6.07) is 14.5. The molecule has 0 aliphatic carbocycles. The van der Waals surface area contributed by atoms with Gasteiger partial charge >= 0.3 is 0 Å². The van der Waals surface area contributed by atoms with E-state index in [1.165, 1.54) is 12.1 Å². The van der Waals surface area contributed by atoms with Gasteiger partial charge in [-0.15, -0.1) is 0 Å². The highest BCUT2D eigenvalue weighted by Gasteiger charge is 2.17. The van der Waals surface area contributed by atoms with Crippen molar-refractivity contribution in [1.82, 2.24) is 10.3 Å². The van der Waals surface area contributed by atoms with Crippen LogP contribution in [0.25, 0.3) is 10.9 Å². The van der Waals surface area contributed by atoms with Crippen LogP contribution in [0, 0.1) is 12.7 Å². The van der Waals surface area contributed by atoms with E-state index in [9.17, 15) is 14.3 Å². The van der Waals surface area contributed by atoms with Gasteiger partial charge in [0.15, 0.2) is 0 Å². The molecule has 0 aliphatic heterocycles. The second-order valence-corrected chi connectivity index (χ2v) is 5.59. The van der Waals surface area contributed by atoms with E-state index < -0.39 is 11.9 Å². The number of amides is 1. The fourth-order valence-electron chi connectivity index (χ4n) is 2.68. The molecule has 2 N–H and O–H groups in total. The van der Waals surface area contributed by atoms with Crippen molar-refractivity contribution in [3.63, 3.8) is 0 Å². The lowest BCUT2D eigenvalue weighted by Gasteiger charge is -2.17. The van der Waals surface area contributed by atoms with Crippen molar-refractivity contribution in [3.8, 4) is 0 Å². The number of aliphatic hydroxyl groups is 1. The molecule has 0 aliphatic rings. The number of fused-ring (bicyclic) bond motifs is 1. The Hall–Kier alpha value is -2.79. The number of benzene rings is 2. The van der Waals surface area contributed by atoms with Crippen LogP contribution < -0.4 is 5.32 Å². The molecule has 4 nitrogen and oxygen atoms in total. The number of rotatable bonds is 4. The second-order valence-electron chi connectivity index (χ2n) is 5.59. The number of pyridine rings is 1. The third kappa shape index (κ3) is 3.26. The molecule has 3 rings (SSSR count). The number of halogens is 1. The predicted molar refractivity (Wildman–Crippen MR) is 90.2 cm³/mol. The first-order valence-corrected chi connectivity index (χ1v) is 7.62. The maximum absolute atomic E-state index is 13.4. The smallest absolute Gasteiger partial charge is 0.252 e. The first-order chi connectivity index (χ1) is 11.6. The largest absolute Gasteiger partial charge is 0.394 e. The topological polar surface area (TPSA) is 62.2 Å². The molecule has 1 aromatic heterocycles. The molecular formula is C19H17FN2O2. The number of nitrogens with one attached hydrogen (secondary N) is 1. The Morgan fingerprint density at radius 2 is 1.96 bits per heavy atom. The van der Waals surface area contributed by atoms with E-state index in [0.29, 0.717) is 22.2 Å². The minimum absolute atomic E-state index is 0.216. The molecule has 3 aromatic rings. The number of aryl methyl sites for hydroxylation is 1. The number of nitrogens with zero attached hydrogens (tertiary/aromatic N) is 1. The fraction of sp³-hybridized carbons (Fsp3) is 0.158. The van der Waals surface area contributed by atoms with Crippen LogP contribution in [0.2, 0.25) is 0 Å². The molecule has 5 heteroatoms. The molecule has 1 amide bonds. The van der Waals surface area contributed by atoms with E-state index in [1.54, 1.807) is 19.1 Å². The number of carbonyl (C=O) groups is 1. The summed E-state index contributed by atoms with van der Waals surface area (Å²) in [7, 11) is 0. The maximum atomic E-state index is 13.4. The van der Waals surface area contributed by atoms with Gasteiger partial charge in [-0.05, 0) is 30.7 Å². The Kier molecular flexibility index (Phi) is 4.53. The first kappa shape index (κ1) is 16.1. The van der Waals surface area contributed by atoms with E-state index in [2.05, 4.69) is 10.3 Å². The van der Waals surface area contributed by atoms with Crippen molar-refractivity contribution in [2.45, 2.75) is 13.0 Å². The molecule has 0 saturated heterocycles. The molecule has 1 atom stereocenters. The van der Waals surface area contributed by atoms with Crippen molar-refractivity contribution < 1.29 is 14.3 Å². The van der Waals surface area contributed by atoms with E-state index in [1.807, 2.05) is 30.3 Å². The number of hydrogen-bond donors (Lipinski definition) is 2. The van der Waals surface area contributed by atoms with E-state index >= 15 is 0 Å². The summed E-state index contributed by atoms with van der Waals surface area (Å²) in [6.45, 7) is 1.54. The lowest BCUT2D eigenvalue weighted by molar-refractivity contribution is 0.0917. The molecule has 1 heterocycles. The molecule has 24 heavy (non-hydrogen) atoms. The summed E-state index contributed by atoms with van der Waals surface area (Å²) < 4.78 is 13.4. The van der Waals surface area contributed by atoms with Gasteiger partial charge in [-0.25, -0.2) is 4.39 Å². The summed E-state index contributed by atoms with van der Waals surface area (Å²) in [5, 5.41) is 13.0. The third-order valence-corrected chi connectivity index (χ3v) is 3.83. The molecule has 0 saturated carbocycles. The summed E-state index contributed by atoms with van der Waals surface area (Å²) in [5.41, 5.74) is 2.28. The van der Waals surface area contributed by atoms with Gasteiger partial charge in [0.25, 0.3) is 5.91 Å². The van der Waals surface area contributed by atoms with Gasteiger partial charge in [-0.3, -0.25) is 9.78 Å². The highest BCUT2D eigenvalue weighted by atomic mass is 19.1. The van der Waals surface area contributed by atoms with Gasteiger partial charge in [0, 0.05) is 17.1 Å². The van der Waals surface area contributed by atoms with Crippen molar-refractivity contribution in [3.05, 3.63) is 77.2 Å². The van der Waals surface area contributed by atoms with E-state index in [4.69, 9.17) is 0 Å². The molecular weight excluding hydrogens is 307 g/mol. The molecule has 2 aromatic carbocycles. The summed E-state index contributed by atoms with van der Waals surface area (Å²) in [6.07, 6.45) is 0. The Labute approximate surface area is 139 Å². The SMILES string of the molecule is Cc1cc(C(=O)N[C@H](CO)c2ccccc2)c2ccc(F)cc2n1. The van der Waals surface area contributed by atoms with Crippen LogP contribution >= 0.6 is 0 Å². The fourth-order valence-corrected chi connectivity index (χ4v) is 2.68. The molecule has 0 spiro atoms. The summed E-state index contributed by atoms with van der Waals surface area (Å²) in [4.78, 5) is 17.0. The van der Waals surface area contributed by atoms with E-state index in [0.717, 1.165) is 5.56 Å². The third-order valence-electron chi connectivity index (χ3n) is 3.83. The minimum atomic E-state index is -0.511. The van der Waals surface area contributed by atoms with Gasteiger partial charge in [0.1, 0.15) is 5.82 Å². The van der Waals surface area contributed by atoms with Gasteiger partial charge in [0.2, 0.25) is 0 Å². The monoisotopic (exact) mass is 324 g/mol. The predicted octanol–water partition coefficient (Wildman–Crippen LogP) is 3.15. The van der Waals surface area contributed by atoms with Crippen LogP contribution in [0.4, 0.5) is 4.39 Å². The lowest BCUT2D eigenvalue weighted by atomic mass is 10.0. The van der Waals surface area contributed by atoms with Gasteiger partial charge in [0.05, 0.1) is 23.7 Å². The minimum Gasteiger partial charge on any atom is -0.394 e. The van der Waals surface area contributed by atoms with Crippen LogP contribution in [0.15, 0.2) is 54.6 Å².